The summed E-state index contributed by atoms with van der Waals surface area (Å²) in [7, 11) is 3.25. The number of likely N-dealkylation sites (N-methyl/N-ethyl adjacent to an activating group) is 1. The summed E-state index contributed by atoms with van der Waals surface area (Å²) in [5.74, 6) is 0.723. The normalized spacial score (nSPS) is 13.5. The van der Waals surface area contributed by atoms with Crippen LogP contribution in [0.3, 0.4) is 0 Å². The van der Waals surface area contributed by atoms with Gasteiger partial charge in [-0.25, -0.2) is 4.98 Å². The number of imidazole rings is 1. The first kappa shape index (κ1) is 22.0. The first-order chi connectivity index (χ1) is 15.5. The van der Waals surface area contributed by atoms with Gasteiger partial charge in [0.05, 0.1) is 19.0 Å². The van der Waals surface area contributed by atoms with Gasteiger partial charge >= 0.3 is 6.61 Å². The molecule has 1 aliphatic rings. The number of nitrogens with zero attached hydrogens (tertiary/aromatic N) is 2. The number of ketones is 1. The lowest BCUT2D eigenvalue weighted by Gasteiger charge is -2.16. The Labute approximate surface area is 184 Å². The van der Waals surface area contributed by atoms with Gasteiger partial charge < -0.3 is 19.5 Å². The molecule has 0 unspecified atom stereocenters. The molecule has 1 N–H and O–H groups in total. The average molecular weight is 445 g/mol. The van der Waals surface area contributed by atoms with Gasteiger partial charge in [0.15, 0.2) is 5.78 Å². The van der Waals surface area contributed by atoms with Crippen molar-refractivity contribution in [3.8, 4) is 28.5 Å². The van der Waals surface area contributed by atoms with Gasteiger partial charge in [0.1, 0.15) is 35.1 Å². The van der Waals surface area contributed by atoms with Crippen molar-refractivity contribution in [3.63, 3.8) is 0 Å². The molecule has 9 heteroatoms. The van der Waals surface area contributed by atoms with Crippen LogP contribution in [0.4, 0.5) is 8.78 Å². The minimum Gasteiger partial charge on any atom is -0.496 e. The smallest absolute Gasteiger partial charge is 0.387 e. The Balaban J connectivity index is 1.72. The van der Waals surface area contributed by atoms with Crippen molar-refractivity contribution in [2.45, 2.75) is 25.9 Å². The number of carbonyl (C=O) groups is 1. The summed E-state index contributed by atoms with van der Waals surface area (Å²) < 4.78 is 44.0. The summed E-state index contributed by atoms with van der Waals surface area (Å²) in [6.45, 7) is -1.84. The fraction of sp³-hybridized carbons (Fsp3) is 0.391. The van der Waals surface area contributed by atoms with Gasteiger partial charge in [-0.2, -0.15) is 8.78 Å². The summed E-state index contributed by atoms with van der Waals surface area (Å²) in [6, 6.07) is 6.69. The Morgan fingerprint density at radius 2 is 2.06 bits per heavy atom. The van der Waals surface area contributed by atoms with Crippen LogP contribution in [0.2, 0.25) is 0 Å². The van der Waals surface area contributed by atoms with Crippen molar-refractivity contribution in [1.29, 1.82) is 0 Å². The number of methoxy groups -OCH3 is 1. The van der Waals surface area contributed by atoms with Gasteiger partial charge in [-0.05, 0) is 44.0 Å². The van der Waals surface area contributed by atoms with Crippen molar-refractivity contribution in [3.05, 3.63) is 42.2 Å². The standard InChI is InChI=1S/C23H25F2N3O4/c1-26-6-8-31-16-5-7-28-17(13-27-21(28)12-16)15-10-19(30-2)22(18(29)9-14-3-4-14)20(11-15)32-23(24)25/h5,7,10-14,23,26H,3-4,6,8-9H2,1-2H3. The minimum atomic E-state index is -3.07. The maximum absolute atomic E-state index is 13.2. The Morgan fingerprint density at radius 3 is 2.75 bits per heavy atom. The number of ether oxygens (including phenoxy) is 3. The number of pyridine rings is 1. The largest absolute Gasteiger partial charge is 0.496 e. The van der Waals surface area contributed by atoms with Gasteiger partial charge in [-0.1, -0.05) is 0 Å². The van der Waals surface area contributed by atoms with E-state index in [2.05, 4.69) is 10.3 Å². The molecular formula is C23H25F2N3O4. The lowest BCUT2D eigenvalue weighted by Crippen LogP contribution is -2.15. The summed E-state index contributed by atoms with van der Waals surface area (Å²) in [6.07, 6.45) is 5.65. The van der Waals surface area contributed by atoms with Gasteiger partial charge in [0, 0.05) is 30.8 Å². The number of aromatic nitrogens is 2. The van der Waals surface area contributed by atoms with Crippen LogP contribution in [0.1, 0.15) is 29.6 Å². The molecule has 2 aromatic heterocycles. The molecular weight excluding hydrogens is 420 g/mol. The molecule has 0 bridgehead atoms. The Bertz CT molecular complexity index is 1110. The predicted octanol–water partition coefficient (Wildman–Crippen LogP) is 4.19. The summed E-state index contributed by atoms with van der Waals surface area (Å²) >= 11 is 0. The molecule has 1 aromatic carbocycles. The monoisotopic (exact) mass is 445 g/mol. The molecule has 0 radical (unpaired) electrons. The molecule has 0 amide bonds. The highest BCUT2D eigenvalue weighted by molar-refractivity contribution is 6.02. The summed E-state index contributed by atoms with van der Waals surface area (Å²) in [5.41, 5.74) is 1.86. The third-order valence-electron chi connectivity index (χ3n) is 5.35. The van der Waals surface area contributed by atoms with E-state index in [1.807, 2.05) is 7.05 Å². The minimum absolute atomic E-state index is 0.0532. The van der Waals surface area contributed by atoms with Crippen LogP contribution in [-0.2, 0) is 0 Å². The first-order valence-electron chi connectivity index (χ1n) is 10.4. The van der Waals surface area contributed by atoms with E-state index in [1.54, 1.807) is 35.0 Å². The molecule has 170 valence electrons. The molecule has 4 rings (SSSR count). The van der Waals surface area contributed by atoms with Crippen LogP contribution in [0.25, 0.3) is 16.9 Å². The first-order valence-corrected chi connectivity index (χ1v) is 10.4. The van der Waals surface area contributed by atoms with Crippen molar-refractivity contribution < 1.29 is 27.8 Å². The molecule has 0 spiro atoms. The number of carbonyl (C=O) groups excluding carboxylic acids is 1. The quantitative estimate of drug-likeness (QED) is 0.352. The van der Waals surface area contributed by atoms with Crippen molar-refractivity contribution >= 4 is 11.4 Å². The van der Waals surface area contributed by atoms with Crippen LogP contribution >= 0.6 is 0 Å². The number of benzene rings is 1. The molecule has 7 nitrogen and oxygen atoms in total. The number of alkyl halides is 2. The van der Waals surface area contributed by atoms with E-state index in [-0.39, 0.29) is 22.8 Å². The third-order valence-corrected chi connectivity index (χ3v) is 5.35. The zero-order valence-corrected chi connectivity index (χ0v) is 17.9. The lowest BCUT2D eigenvalue weighted by atomic mass is 10.00. The second kappa shape index (κ2) is 9.52. The fourth-order valence-corrected chi connectivity index (χ4v) is 3.59. The molecule has 1 fully saturated rings. The van der Waals surface area contributed by atoms with Gasteiger partial charge in [-0.3, -0.25) is 9.20 Å². The number of nitrogens with one attached hydrogen (secondary N) is 1. The molecule has 3 aromatic rings. The number of Topliss-reactive ketones (excluding diaryl/α,β-unsaturated/α-hetero) is 1. The van der Waals surface area contributed by atoms with Gasteiger partial charge in [0.2, 0.25) is 0 Å². The molecule has 0 atom stereocenters. The Morgan fingerprint density at radius 1 is 1.28 bits per heavy atom. The van der Waals surface area contributed by atoms with Crippen molar-refractivity contribution in [1.82, 2.24) is 14.7 Å². The van der Waals surface area contributed by atoms with Crippen LogP contribution in [0, 0.1) is 5.92 Å². The average Bonchev–Trinajstić information content (AvgIpc) is 3.48. The van der Waals surface area contributed by atoms with Crippen LogP contribution in [0.15, 0.2) is 36.7 Å². The maximum Gasteiger partial charge on any atom is 0.387 e. The van der Waals surface area contributed by atoms with E-state index >= 15 is 0 Å². The molecule has 2 heterocycles. The van der Waals surface area contributed by atoms with E-state index in [1.165, 1.54) is 13.2 Å². The third kappa shape index (κ3) is 4.83. The molecule has 0 saturated heterocycles. The molecule has 1 aliphatic carbocycles. The number of halogens is 2. The van der Waals surface area contributed by atoms with E-state index in [0.29, 0.717) is 48.1 Å². The lowest BCUT2D eigenvalue weighted by molar-refractivity contribution is -0.0502. The van der Waals surface area contributed by atoms with Gasteiger partial charge in [-0.15, -0.1) is 0 Å². The summed E-state index contributed by atoms with van der Waals surface area (Å²) in [4.78, 5) is 17.2. The predicted molar refractivity (Wildman–Crippen MR) is 115 cm³/mol. The fourth-order valence-electron chi connectivity index (χ4n) is 3.59. The second-order valence-electron chi connectivity index (χ2n) is 7.69. The van der Waals surface area contributed by atoms with Crippen molar-refractivity contribution in [2.24, 2.45) is 5.92 Å². The van der Waals surface area contributed by atoms with E-state index in [9.17, 15) is 13.6 Å². The number of hydrogen-bond acceptors (Lipinski definition) is 6. The highest BCUT2D eigenvalue weighted by Gasteiger charge is 2.29. The molecule has 1 saturated carbocycles. The maximum atomic E-state index is 13.2. The SMILES string of the molecule is CNCCOc1ccn2c(-c3cc(OC)c(C(=O)CC4CC4)c(OC(F)F)c3)cnc2c1. The topological polar surface area (TPSA) is 74.1 Å². The number of rotatable bonds is 11. The Kier molecular flexibility index (Phi) is 6.55. The summed E-state index contributed by atoms with van der Waals surface area (Å²) in [5, 5.41) is 3.01. The van der Waals surface area contributed by atoms with Crippen molar-refractivity contribution in [2.75, 3.05) is 27.3 Å². The number of hydrogen-bond donors (Lipinski definition) is 1. The second-order valence-corrected chi connectivity index (χ2v) is 7.69. The molecule has 0 aliphatic heterocycles. The van der Waals surface area contributed by atoms with E-state index in [0.717, 1.165) is 12.8 Å². The van der Waals surface area contributed by atoms with E-state index < -0.39 is 6.61 Å². The Hall–Kier alpha value is -3.20. The van der Waals surface area contributed by atoms with Gasteiger partial charge in [0.25, 0.3) is 0 Å². The zero-order chi connectivity index (χ0) is 22.7. The van der Waals surface area contributed by atoms with E-state index in [4.69, 9.17) is 14.2 Å². The van der Waals surface area contributed by atoms with Crippen LogP contribution in [0.5, 0.6) is 17.2 Å². The molecule has 32 heavy (non-hydrogen) atoms. The van der Waals surface area contributed by atoms with Crippen LogP contribution < -0.4 is 19.5 Å². The van der Waals surface area contributed by atoms with Crippen LogP contribution in [-0.4, -0.2) is 49.1 Å². The zero-order valence-electron chi connectivity index (χ0n) is 17.9. The highest BCUT2D eigenvalue weighted by atomic mass is 19.3. The highest BCUT2D eigenvalue weighted by Crippen LogP contribution is 2.40. The number of fused-ring (bicyclic) bond motifs is 1.